The fourth-order valence-corrected chi connectivity index (χ4v) is 9.87. The molecule has 0 spiro atoms. The van der Waals surface area contributed by atoms with Crippen LogP contribution in [0, 0.1) is 0 Å². The van der Waals surface area contributed by atoms with Gasteiger partial charge in [0.15, 0.2) is 12.4 Å². The van der Waals surface area contributed by atoms with Crippen molar-refractivity contribution < 1.29 is 42.9 Å². The topological polar surface area (TPSA) is 111 Å². The van der Waals surface area contributed by atoms with E-state index in [1.165, 1.54) is 244 Å². The number of rotatable bonds is 62. The van der Waals surface area contributed by atoms with E-state index in [1.54, 1.807) is 0 Å². The van der Waals surface area contributed by atoms with Gasteiger partial charge in [-0.3, -0.25) is 9.59 Å². The van der Waals surface area contributed by atoms with Gasteiger partial charge in [0.1, 0.15) is 13.2 Å². The normalized spacial score (nSPS) is 12.8. The lowest BCUT2D eigenvalue weighted by molar-refractivity contribution is -0.870. The quantitative estimate of drug-likeness (QED) is 0.0195. The highest BCUT2D eigenvalue weighted by atomic mass is 16.7. The highest BCUT2D eigenvalue weighted by Gasteiger charge is 2.22. The lowest BCUT2D eigenvalue weighted by atomic mass is 10.0. The number of unbranched alkanes of at least 4 members (excludes halogenated alkanes) is 43. The molecule has 448 valence electrons. The van der Waals surface area contributed by atoms with Gasteiger partial charge in [-0.25, -0.2) is 0 Å². The summed E-state index contributed by atoms with van der Waals surface area (Å²) >= 11 is 0. The highest BCUT2D eigenvalue weighted by molar-refractivity contribution is 5.70. The summed E-state index contributed by atoms with van der Waals surface area (Å²) in [5.41, 5.74) is 0. The predicted octanol–water partition coefficient (Wildman–Crippen LogP) is 18.5. The molecule has 2 unspecified atom stereocenters. The maximum absolute atomic E-state index is 12.9. The Labute approximate surface area is 471 Å². The summed E-state index contributed by atoms with van der Waals surface area (Å²) in [6.45, 7) is 4.79. The van der Waals surface area contributed by atoms with Crippen LogP contribution in [0.1, 0.15) is 328 Å². The molecule has 0 aromatic rings. The number of hydrogen-bond donors (Lipinski definition) is 0. The Kier molecular flexibility index (Phi) is 57.2. The van der Waals surface area contributed by atoms with E-state index in [9.17, 15) is 19.5 Å². The number of carboxylic acids is 1. The number of likely N-dealkylation sites (N-methyl/N-ethyl adjacent to an activating group) is 1. The van der Waals surface area contributed by atoms with E-state index >= 15 is 0 Å². The highest BCUT2D eigenvalue weighted by Crippen LogP contribution is 2.18. The van der Waals surface area contributed by atoms with Gasteiger partial charge >= 0.3 is 11.9 Å². The summed E-state index contributed by atoms with van der Waals surface area (Å²) in [6, 6.07) is 0. The zero-order valence-electron chi connectivity index (χ0n) is 51.2. The van der Waals surface area contributed by atoms with Gasteiger partial charge in [-0.1, -0.05) is 295 Å². The number of carbonyl (C=O) groups excluding carboxylic acids is 3. The van der Waals surface area contributed by atoms with Gasteiger partial charge in [0, 0.05) is 12.8 Å². The molecule has 0 aromatic carbocycles. The van der Waals surface area contributed by atoms with Crippen LogP contribution >= 0.6 is 0 Å². The second-order valence-corrected chi connectivity index (χ2v) is 23.8. The Balaban J connectivity index is 4.08. The molecule has 0 aliphatic rings. The zero-order chi connectivity index (χ0) is 55.5. The summed E-state index contributed by atoms with van der Waals surface area (Å²) in [5.74, 6) is -2.26. The first-order valence-electron chi connectivity index (χ1n) is 33.0. The minimum absolute atomic E-state index is 0.149. The summed E-state index contributed by atoms with van der Waals surface area (Å²) in [5, 5.41) is 11.8. The number of carboxylic acid groups (broad SMARTS) is 1. The van der Waals surface area contributed by atoms with Crippen molar-refractivity contribution in [2.75, 3.05) is 47.5 Å². The van der Waals surface area contributed by atoms with Crippen LogP contribution in [0.5, 0.6) is 0 Å². The number of quaternary nitrogens is 1. The molecule has 0 bridgehead atoms. The van der Waals surface area contributed by atoms with Crippen molar-refractivity contribution in [3.8, 4) is 0 Å². The maximum atomic E-state index is 12.9. The number of allylic oxidation sites excluding steroid dienone is 4. The van der Waals surface area contributed by atoms with E-state index in [2.05, 4.69) is 38.2 Å². The monoisotopic (exact) mass is 1070 g/mol. The maximum Gasteiger partial charge on any atom is 0.306 e. The van der Waals surface area contributed by atoms with Crippen molar-refractivity contribution in [1.29, 1.82) is 0 Å². The molecule has 0 radical (unpaired) electrons. The SMILES string of the molecule is CCCCCCC/C=C\C/C=C\CCCCCCCCCCCC(=O)OC(COC(=O)CCCCCCCCCCCCCCCCCCCCCCCCCCCCCCCC)COC(OCC[N+](C)(C)C)C(=O)[O-]. The zero-order valence-corrected chi connectivity index (χ0v) is 51.2. The number of esters is 2. The standard InChI is InChI=1S/C67H127NO8/c1-6-8-10-12-14-16-18-20-22-24-26-28-29-30-31-32-33-34-35-36-38-39-41-43-45-47-49-51-53-55-57-64(69)74-61-63(62-75-67(66(71)72)73-60-59-68(3,4)5)76-65(70)58-56-54-52-50-48-46-44-42-40-37-27-25-23-21-19-17-15-13-11-9-7-2/h19,21,25,27,63,67H,6-18,20,22-24,26,28-62H2,1-5H3/b21-19-,27-25-. The second-order valence-electron chi connectivity index (χ2n) is 23.8. The molecule has 0 saturated heterocycles. The van der Waals surface area contributed by atoms with Gasteiger partial charge in [-0.05, 0) is 44.9 Å². The van der Waals surface area contributed by atoms with E-state index in [0.717, 1.165) is 51.4 Å². The molecular formula is C67H127NO8. The molecule has 0 aromatic heterocycles. The Morgan fingerprint density at radius 1 is 0.395 bits per heavy atom. The molecule has 0 heterocycles. The Morgan fingerprint density at radius 3 is 1.04 bits per heavy atom. The molecule has 0 aliphatic heterocycles. The van der Waals surface area contributed by atoms with E-state index in [1.807, 2.05) is 21.1 Å². The van der Waals surface area contributed by atoms with E-state index < -0.39 is 24.3 Å². The summed E-state index contributed by atoms with van der Waals surface area (Å²) in [6.07, 6.45) is 68.2. The molecule has 9 nitrogen and oxygen atoms in total. The van der Waals surface area contributed by atoms with Crippen LogP contribution in [-0.2, 0) is 33.3 Å². The Hall–Kier alpha value is -2.23. The first kappa shape index (κ1) is 73.8. The van der Waals surface area contributed by atoms with Gasteiger partial charge in [0.25, 0.3) is 0 Å². The molecule has 0 saturated carbocycles. The van der Waals surface area contributed by atoms with Crippen LogP contribution in [0.3, 0.4) is 0 Å². The first-order chi connectivity index (χ1) is 37.1. The lowest BCUT2D eigenvalue weighted by Gasteiger charge is -2.26. The van der Waals surface area contributed by atoms with Crippen LogP contribution in [0.2, 0.25) is 0 Å². The van der Waals surface area contributed by atoms with Gasteiger partial charge in [0.2, 0.25) is 0 Å². The number of aliphatic carboxylic acids is 1. The van der Waals surface area contributed by atoms with E-state index in [0.29, 0.717) is 23.9 Å². The third kappa shape index (κ3) is 59.4. The number of ether oxygens (including phenoxy) is 4. The van der Waals surface area contributed by atoms with Gasteiger partial charge in [0.05, 0.1) is 40.3 Å². The fourth-order valence-electron chi connectivity index (χ4n) is 9.87. The van der Waals surface area contributed by atoms with Gasteiger partial charge in [-0.2, -0.15) is 0 Å². The molecule has 0 N–H and O–H groups in total. The van der Waals surface area contributed by atoms with E-state index in [4.69, 9.17) is 18.9 Å². The average Bonchev–Trinajstić information content (AvgIpc) is 3.39. The molecule has 0 amide bonds. The minimum atomic E-state index is -1.62. The molecule has 76 heavy (non-hydrogen) atoms. The second kappa shape index (κ2) is 58.9. The molecule has 0 rings (SSSR count). The molecule has 0 fully saturated rings. The third-order valence-corrected chi connectivity index (χ3v) is 15.0. The Bertz CT molecular complexity index is 1300. The average molecular weight is 1070 g/mol. The number of nitrogens with zero attached hydrogens (tertiary/aromatic N) is 1. The molecule has 9 heteroatoms. The van der Waals surface area contributed by atoms with E-state index in [-0.39, 0.29) is 32.2 Å². The summed E-state index contributed by atoms with van der Waals surface area (Å²) in [7, 11) is 5.94. The van der Waals surface area contributed by atoms with Crippen molar-refractivity contribution in [2.24, 2.45) is 0 Å². The van der Waals surface area contributed by atoms with Crippen molar-refractivity contribution >= 4 is 17.9 Å². The fraction of sp³-hybridized carbons (Fsp3) is 0.896. The lowest BCUT2D eigenvalue weighted by Crippen LogP contribution is -2.44. The van der Waals surface area contributed by atoms with Crippen molar-refractivity contribution in [3.05, 3.63) is 24.3 Å². The number of hydrogen-bond acceptors (Lipinski definition) is 8. The smallest absolute Gasteiger partial charge is 0.306 e. The third-order valence-electron chi connectivity index (χ3n) is 15.0. The van der Waals surface area contributed by atoms with Crippen molar-refractivity contribution in [1.82, 2.24) is 0 Å². The van der Waals surface area contributed by atoms with Crippen LogP contribution < -0.4 is 5.11 Å². The van der Waals surface area contributed by atoms with Crippen molar-refractivity contribution in [3.63, 3.8) is 0 Å². The van der Waals surface area contributed by atoms with Crippen molar-refractivity contribution in [2.45, 2.75) is 341 Å². The van der Waals surface area contributed by atoms with Crippen LogP contribution in [0.25, 0.3) is 0 Å². The molecular weight excluding hydrogens is 947 g/mol. The van der Waals surface area contributed by atoms with Gasteiger partial charge in [-0.15, -0.1) is 0 Å². The Morgan fingerprint density at radius 2 is 0.711 bits per heavy atom. The molecule has 0 aliphatic carbocycles. The first-order valence-corrected chi connectivity index (χ1v) is 33.0. The largest absolute Gasteiger partial charge is 0.545 e. The van der Waals surface area contributed by atoms with Crippen LogP contribution in [-0.4, -0.2) is 82.3 Å². The van der Waals surface area contributed by atoms with Crippen LogP contribution in [0.15, 0.2) is 24.3 Å². The van der Waals surface area contributed by atoms with Gasteiger partial charge < -0.3 is 33.3 Å². The van der Waals surface area contributed by atoms with Crippen LogP contribution in [0.4, 0.5) is 0 Å². The predicted molar refractivity (Wildman–Crippen MR) is 320 cm³/mol. The summed E-state index contributed by atoms with van der Waals surface area (Å²) < 4.78 is 22.8. The minimum Gasteiger partial charge on any atom is -0.545 e. The number of carbonyl (C=O) groups is 3. The molecule has 2 atom stereocenters. The summed E-state index contributed by atoms with van der Waals surface area (Å²) in [4.78, 5) is 37.4.